The molecule has 35 heavy (non-hydrogen) atoms. The number of hydrogen-bond donors (Lipinski definition) is 3. The van der Waals surface area contributed by atoms with Gasteiger partial charge in [0.05, 0.1) is 17.0 Å². The van der Waals surface area contributed by atoms with Crippen LogP contribution in [0.15, 0.2) is 65.7 Å². The number of hydrogen-bond acceptors (Lipinski definition) is 6. The number of H-pyrrole nitrogens is 1. The highest BCUT2D eigenvalue weighted by Gasteiger charge is 2.19. The molecule has 0 aliphatic rings. The number of aromatic amines is 1. The van der Waals surface area contributed by atoms with Crippen LogP contribution in [0.1, 0.15) is 21.9 Å². The first-order valence-corrected chi connectivity index (χ1v) is 12.2. The number of sulfonamides is 1. The lowest BCUT2D eigenvalue weighted by Gasteiger charge is -2.16. The molecule has 2 aromatic heterocycles. The number of likely N-dealkylation sites (N-methyl/N-ethyl adjacent to an activating group) is 1. The Hall–Kier alpha value is -4.25. The summed E-state index contributed by atoms with van der Waals surface area (Å²) in [6.07, 6.45) is 1.62. The van der Waals surface area contributed by atoms with Gasteiger partial charge in [0.1, 0.15) is 11.6 Å². The zero-order valence-corrected chi connectivity index (χ0v) is 20.2. The van der Waals surface area contributed by atoms with E-state index < -0.39 is 15.9 Å². The highest BCUT2D eigenvalue weighted by molar-refractivity contribution is 7.92. The van der Waals surface area contributed by atoms with Crippen molar-refractivity contribution in [2.24, 2.45) is 0 Å². The first-order valence-electron chi connectivity index (χ1n) is 10.7. The Bertz CT molecular complexity index is 1490. The molecule has 0 bridgehead atoms. The Morgan fingerprint density at radius 2 is 1.74 bits per heavy atom. The number of carbonyl (C=O) groups is 2. The zero-order chi connectivity index (χ0) is 25.2. The molecule has 2 heterocycles. The fraction of sp³-hybridized carbons (Fsp3) is 0.167. The van der Waals surface area contributed by atoms with Crippen molar-refractivity contribution in [1.29, 1.82) is 0 Å². The molecule has 2 amide bonds. The summed E-state index contributed by atoms with van der Waals surface area (Å²) < 4.78 is 27.8. The van der Waals surface area contributed by atoms with Gasteiger partial charge in [0.2, 0.25) is 5.91 Å². The van der Waals surface area contributed by atoms with Crippen molar-refractivity contribution in [3.05, 3.63) is 77.9 Å². The molecule has 0 saturated heterocycles. The average molecular weight is 493 g/mol. The van der Waals surface area contributed by atoms with E-state index in [2.05, 4.69) is 25.0 Å². The maximum Gasteiger partial charge on any atom is 0.263 e. The van der Waals surface area contributed by atoms with E-state index in [1.165, 1.54) is 35.2 Å². The third-order valence-electron chi connectivity index (χ3n) is 5.20. The largest absolute Gasteiger partial charge is 0.360 e. The van der Waals surface area contributed by atoms with Gasteiger partial charge in [-0.2, -0.15) is 0 Å². The van der Waals surface area contributed by atoms with Gasteiger partial charge >= 0.3 is 0 Å². The fourth-order valence-electron chi connectivity index (χ4n) is 3.63. The van der Waals surface area contributed by atoms with Gasteiger partial charge in [-0.3, -0.25) is 14.3 Å². The zero-order valence-electron chi connectivity index (χ0n) is 19.4. The number of rotatable bonds is 7. The normalized spacial score (nSPS) is 11.3. The predicted octanol–water partition coefficient (Wildman–Crippen LogP) is 3.09. The summed E-state index contributed by atoms with van der Waals surface area (Å²) in [7, 11) is -2.33. The number of benzene rings is 2. The molecule has 0 spiro atoms. The summed E-state index contributed by atoms with van der Waals surface area (Å²) in [5, 5.41) is 3.46. The molecule has 3 N–H and O–H groups in total. The van der Waals surface area contributed by atoms with Crippen LogP contribution in [0.4, 0.5) is 11.5 Å². The monoisotopic (exact) mass is 492 g/mol. The Labute approximate surface area is 202 Å². The van der Waals surface area contributed by atoms with Crippen molar-refractivity contribution < 1.29 is 18.0 Å². The predicted molar refractivity (Wildman–Crippen MR) is 133 cm³/mol. The molecule has 0 radical (unpaired) electrons. The number of aryl methyl sites for hydroxylation is 2. The van der Waals surface area contributed by atoms with Crippen LogP contribution >= 0.6 is 0 Å². The fourth-order valence-corrected chi connectivity index (χ4v) is 4.62. The highest BCUT2D eigenvalue weighted by atomic mass is 32.2. The summed E-state index contributed by atoms with van der Waals surface area (Å²) in [6.45, 7) is 3.25. The summed E-state index contributed by atoms with van der Waals surface area (Å²) in [4.78, 5) is 37.9. The van der Waals surface area contributed by atoms with Crippen LogP contribution in [-0.4, -0.2) is 53.7 Å². The van der Waals surface area contributed by atoms with Gasteiger partial charge in [0.15, 0.2) is 0 Å². The van der Waals surface area contributed by atoms with E-state index in [0.717, 1.165) is 10.9 Å². The second-order valence-corrected chi connectivity index (χ2v) is 9.71. The number of nitrogens with zero attached hydrogens (tertiary/aromatic N) is 3. The van der Waals surface area contributed by atoms with Crippen LogP contribution < -0.4 is 10.0 Å². The molecular weight excluding hydrogens is 468 g/mol. The Morgan fingerprint density at radius 1 is 1.03 bits per heavy atom. The van der Waals surface area contributed by atoms with E-state index in [1.807, 2.05) is 24.3 Å². The molecule has 0 unspecified atom stereocenters. The van der Waals surface area contributed by atoms with Crippen molar-refractivity contribution >= 4 is 44.2 Å². The highest BCUT2D eigenvalue weighted by Crippen LogP contribution is 2.20. The van der Waals surface area contributed by atoms with Crippen molar-refractivity contribution in [1.82, 2.24) is 19.9 Å². The molecule has 4 rings (SSSR count). The number of amides is 2. The van der Waals surface area contributed by atoms with Gasteiger partial charge in [-0.1, -0.05) is 18.2 Å². The first kappa shape index (κ1) is 23.9. The van der Waals surface area contributed by atoms with Crippen LogP contribution in [0.5, 0.6) is 0 Å². The minimum atomic E-state index is -3.87. The second-order valence-electron chi connectivity index (χ2n) is 8.03. The standard InChI is InChI=1S/C24H24N6O4S/c1-15-12-22(27-16(2)26-15)29-35(33,34)18-10-8-17(9-11-18)28-23(31)14-30(3)24(32)20-13-25-21-7-5-4-6-19(20)21/h4-13,25H,14H2,1-3H3,(H,28,31)(H,26,27,29). The number of anilines is 2. The molecule has 0 atom stereocenters. The molecule has 4 aromatic rings. The summed E-state index contributed by atoms with van der Waals surface area (Å²) in [5.41, 5.74) is 2.35. The SMILES string of the molecule is Cc1cc(NS(=O)(=O)c2ccc(NC(=O)CN(C)C(=O)c3c[nH]c4ccccc34)cc2)nc(C)n1. The topological polar surface area (TPSA) is 137 Å². The molecule has 0 saturated carbocycles. The van der Waals surface area contributed by atoms with Crippen LogP contribution in [-0.2, 0) is 14.8 Å². The van der Waals surface area contributed by atoms with Crippen molar-refractivity contribution in [2.75, 3.05) is 23.6 Å². The number of nitrogens with one attached hydrogen (secondary N) is 3. The molecule has 11 heteroatoms. The molecule has 0 aliphatic heterocycles. The second kappa shape index (κ2) is 9.55. The lowest BCUT2D eigenvalue weighted by Crippen LogP contribution is -2.34. The molecule has 180 valence electrons. The van der Waals surface area contributed by atoms with Crippen molar-refractivity contribution in [2.45, 2.75) is 18.7 Å². The van der Waals surface area contributed by atoms with E-state index in [1.54, 1.807) is 27.1 Å². The number of fused-ring (bicyclic) bond motifs is 1. The average Bonchev–Trinajstić information content (AvgIpc) is 3.22. The van der Waals surface area contributed by atoms with Crippen LogP contribution in [0.3, 0.4) is 0 Å². The number of aromatic nitrogens is 3. The molecule has 0 aliphatic carbocycles. The smallest absolute Gasteiger partial charge is 0.263 e. The van der Waals surface area contributed by atoms with E-state index in [-0.39, 0.29) is 23.2 Å². The minimum absolute atomic E-state index is 0.0102. The van der Waals surface area contributed by atoms with Crippen LogP contribution in [0, 0.1) is 13.8 Å². The van der Waals surface area contributed by atoms with Gasteiger partial charge in [-0.15, -0.1) is 0 Å². The van der Waals surface area contributed by atoms with Gasteiger partial charge in [0.25, 0.3) is 15.9 Å². The third kappa shape index (κ3) is 5.46. The minimum Gasteiger partial charge on any atom is -0.360 e. The quantitative estimate of drug-likeness (QED) is 0.363. The Morgan fingerprint density at radius 3 is 2.46 bits per heavy atom. The third-order valence-corrected chi connectivity index (χ3v) is 6.57. The number of para-hydroxylation sites is 1. The Kier molecular flexibility index (Phi) is 6.52. The molecule has 2 aromatic carbocycles. The van der Waals surface area contributed by atoms with Crippen molar-refractivity contribution in [3.63, 3.8) is 0 Å². The van der Waals surface area contributed by atoms with Crippen LogP contribution in [0.2, 0.25) is 0 Å². The Balaban J connectivity index is 1.39. The molecular formula is C24H24N6O4S. The number of carbonyl (C=O) groups excluding carboxylic acids is 2. The van der Waals surface area contributed by atoms with E-state index in [9.17, 15) is 18.0 Å². The van der Waals surface area contributed by atoms with Gasteiger partial charge in [-0.25, -0.2) is 18.4 Å². The first-order chi connectivity index (χ1) is 16.6. The van der Waals surface area contributed by atoms with Gasteiger partial charge in [0, 0.05) is 41.6 Å². The summed E-state index contributed by atoms with van der Waals surface area (Å²) in [5.74, 6) is -0.0779. The van der Waals surface area contributed by atoms with Crippen molar-refractivity contribution in [3.8, 4) is 0 Å². The maximum atomic E-state index is 12.8. The van der Waals surface area contributed by atoms with E-state index in [4.69, 9.17) is 0 Å². The van der Waals surface area contributed by atoms with Gasteiger partial charge in [-0.05, 0) is 44.2 Å². The summed E-state index contributed by atoms with van der Waals surface area (Å²) in [6, 6.07) is 14.7. The summed E-state index contributed by atoms with van der Waals surface area (Å²) >= 11 is 0. The maximum absolute atomic E-state index is 12.8. The lowest BCUT2D eigenvalue weighted by atomic mass is 10.1. The molecule has 10 nitrogen and oxygen atoms in total. The molecule has 0 fully saturated rings. The lowest BCUT2D eigenvalue weighted by molar-refractivity contribution is -0.116. The van der Waals surface area contributed by atoms with Gasteiger partial charge < -0.3 is 15.2 Å². The van der Waals surface area contributed by atoms with Crippen LogP contribution in [0.25, 0.3) is 10.9 Å². The van der Waals surface area contributed by atoms with E-state index in [0.29, 0.717) is 22.8 Å². The van der Waals surface area contributed by atoms with E-state index >= 15 is 0 Å².